The van der Waals surface area contributed by atoms with Crippen molar-refractivity contribution in [2.75, 3.05) is 10.6 Å². The molecule has 0 unspecified atom stereocenters. The molecule has 21 heavy (non-hydrogen) atoms. The number of amides is 1. The van der Waals surface area contributed by atoms with Crippen LogP contribution in [-0.2, 0) is 4.79 Å². The molecule has 2 aromatic rings. The Morgan fingerprint density at radius 1 is 1.29 bits per heavy atom. The van der Waals surface area contributed by atoms with E-state index in [1.807, 2.05) is 31.2 Å². The largest absolute Gasteiger partial charge is 0.377 e. The van der Waals surface area contributed by atoms with Crippen LogP contribution < -0.4 is 10.6 Å². The van der Waals surface area contributed by atoms with Crippen molar-refractivity contribution in [3.8, 4) is 0 Å². The Morgan fingerprint density at radius 2 is 1.95 bits per heavy atom. The number of hydrogen-bond acceptors (Lipinski definition) is 4. The lowest BCUT2D eigenvalue weighted by atomic mass is 10.2. The molecule has 1 aliphatic rings. The average Bonchev–Trinajstić information content (AvgIpc) is 3.23. The summed E-state index contributed by atoms with van der Waals surface area (Å²) in [4.78, 5) is 16.2. The summed E-state index contributed by atoms with van der Waals surface area (Å²) in [6.45, 7) is 4.11. The number of anilines is 2. The lowest BCUT2D eigenvalue weighted by Gasteiger charge is -2.13. The summed E-state index contributed by atoms with van der Waals surface area (Å²) in [7, 11) is 0. The van der Waals surface area contributed by atoms with Gasteiger partial charge in [0.1, 0.15) is 0 Å². The van der Waals surface area contributed by atoms with E-state index in [-0.39, 0.29) is 17.9 Å². The Balaban J connectivity index is 1.59. The predicted molar refractivity (Wildman–Crippen MR) is 86.7 cm³/mol. The molecule has 1 amide bonds. The molecule has 110 valence electrons. The van der Waals surface area contributed by atoms with Gasteiger partial charge in [-0.25, -0.2) is 4.98 Å². The number of rotatable bonds is 5. The van der Waals surface area contributed by atoms with E-state index in [0.29, 0.717) is 0 Å². The fraction of sp³-hybridized carbons (Fsp3) is 0.375. The second-order valence-electron chi connectivity index (χ2n) is 5.50. The Hall–Kier alpha value is -1.88. The van der Waals surface area contributed by atoms with Gasteiger partial charge in [-0.05, 0) is 51.0 Å². The van der Waals surface area contributed by atoms with E-state index in [1.54, 1.807) is 11.3 Å². The minimum absolute atomic E-state index is 0.141. The number of nitrogens with one attached hydrogen (secondary N) is 2. The highest BCUT2D eigenvalue weighted by molar-refractivity contribution is 7.09. The van der Waals surface area contributed by atoms with Gasteiger partial charge >= 0.3 is 0 Å². The number of carbonyl (C=O) groups excluding carboxylic acids is 1. The van der Waals surface area contributed by atoms with Crippen molar-refractivity contribution in [2.45, 2.75) is 32.7 Å². The van der Waals surface area contributed by atoms with Crippen LogP contribution in [0.5, 0.6) is 0 Å². The van der Waals surface area contributed by atoms with Gasteiger partial charge in [-0.15, -0.1) is 11.3 Å². The second kappa shape index (κ2) is 5.85. The number of thiazole rings is 1. The summed E-state index contributed by atoms with van der Waals surface area (Å²) < 4.78 is 0. The zero-order valence-electron chi connectivity index (χ0n) is 12.2. The molecule has 1 aliphatic carbocycles. The average molecular weight is 301 g/mol. The van der Waals surface area contributed by atoms with Crippen LogP contribution in [-0.4, -0.2) is 10.9 Å². The van der Waals surface area contributed by atoms with Crippen LogP contribution >= 0.6 is 11.3 Å². The molecule has 1 fully saturated rings. The fourth-order valence-corrected chi connectivity index (χ4v) is 2.85. The summed E-state index contributed by atoms with van der Waals surface area (Å²) in [5, 5.41) is 9.52. The van der Waals surface area contributed by atoms with Crippen LogP contribution in [0.3, 0.4) is 0 Å². The SMILES string of the molecule is Cc1nc([C@@H](C)Nc2ccc(NC(=O)C3CC3)cc2)cs1. The van der Waals surface area contributed by atoms with Crippen molar-refractivity contribution in [1.29, 1.82) is 0 Å². The smallest absolute Gasteiger partial charge is 0.227 e. The maximum absolute atomic E-state index is 11.7. The lowest BCUT2D eigenvalue weighted by Crippen LogP contribution is -2.13. The van der Waals surface area contributed by atoms with Crippen molar-refractivity contribution in [3.63, 3.8) is 0 Å². The Morgan fingerprint density at radius 3 is 2.52 bits per heavy atom. The van der Waals surface area contributed by atoms with Gasteiger partial charge in [-0.2, -0.15) is 0 Å². The molecule has 1 heterocycles. The zero-order chi connectivity index (χ0) is 14.8. The molecule has 0 spiro atoms. The van der Waals surface area contributed by atoms with E-state index >= 15 is 0 Å². The first kappa shape index (κ1) is 14.1. The van der Waals surface area contributed by atoms with Crippen LogP contribution in [0.15, 0.2) is 29.6 Å². The Kier molecular flexibility index (Phi) is 3.92. The van der Waals surface area contributed by atoms with Crippen LogP contribution in [0.1, 0.15) is 36.5 Å². The molecule has 0 saturated heterocycles. The van der Waals surface area contributed by atoms with E-state index < -0.39 is 0 Å². The van der Waals surface area contributed by atoms with Gasteiger partial charge in [-0.3, -0.25) is 4.79 Å². The zero-order valence-corrected chi connectivity index (χ0v) is 13.0. The molecule has 1 saturated carbocycles. The number of benzene rings is 1. The van der Waals surface area contributed by atoms with Crippen molar-refractivity contribution in [1.82, 2.24) is 4.98 Å². The number of aryl methyl sites for hydroxylation is 1. The maximum atomic E-state index is 11.7. The monoisotopic (exact) mass is 301 g/mol. The molecule has 0 radical (unpaired) electrons. The third-order valence-electron chi connectivity index (χ3n) is 3.56. The summed E-state index contributed by atoms with van der Waals surface area (Å²) in [6, 6.07) is 8.00. The molecular formula is C16H19N3OS. The van der Waals surface area contributed by atoms with Crippen LogP contribution in [0.2, 0.25) is 0 Å². The van der Waals surface area contributed by atoms with Crippen LogP contribution in [0.25, 0.3) is 0 Å². The molecule has 4 nitrogen and oxygen atoms in total. The number of carbonyl (C=O) groups is 1. The third-order valence-corrected chi connectivity index (χ3v) is 4.36. The second-order valence-corrected chi connectivity index (χ2v) is 6.56. The topological polar surface area (TPSA) is 54.0 Å². The van der Waals surface area contributed by atoms with Crippen LogP contribution in [0.4, 0.5) is 11.4 Å². The molecular weight excluding hydrogens is 282 g/mol. The Bertz CT molecular complexity index is 631. The standard InChI is InChI=1S/C16H19N3OS/c1-10(15-9-21-11(2)18-15)17-13-5-7-14(8-6-13)19-16(20)12-3-4-12/h5-10,12,17H,3-4H2,1-2H3,(H,19,20)/t10-/m1/s1. The van der Waals surface area contributed by atoms with E-state index in [4.69, 9.17) is 0 Å². The van der Waals surface area contributed by atoms with Crippen molar-refractivity contribution in [2.24, 2.45) is 5.92 Å². The summed E-state index contributed by atoms with van der Waals surface area (Å²) in [6.07, 6.45) is 2.05. The lowest BCUT2D eigenvalue weighted by molar-refractivity contribution is -0.117. The molecule has 2 N–H and O–H groups in total. The molecule has 5 heteroatoms. The van der Waals surface area contributed by atoms with E-state index in [9.17, 15) is 4.79 Å². The van der Waals surface area contributed by atoms with Gasteiger partial charge in [0, 0.05) is 22.7 Å². The molecule has 1 atom stereocenters. The van der Waals surface area contributed by atoms with Gasteiger partial charge in [0.25, 0.3) is 0 Å². The highest BCUT2D eigenvalue weighted by Crippen LogP contribution is 2.30. The highest BCUT2D eigenvalue weighted by atomic mass is 32.1. The minimum atomic E-state index is 0.141. The van der Waals surface area contributed by atoms with Gasteiger partial charge in [0.2, 0.25) is 5.91 Å². The van der Waals surface area contributed by atoms with Crippen molar-refractivity contribution in [3.05, 3.63) is 40.3 Å². The normalized spacial score (nSPS) is 15.5. The third kappa shape index (κ3) is 3.61. The molecule has 0 bridgehead atoms. The van der Waals surface area contributed by atoms with Crippen molar-refractivity contribution < 1.29 is 4.79 Å². The van der Waals surface area contributed by atoms with Crippen molar-refractivity contribution >= 4 is 28.6 Å². The quantitative estimate of drug-likeness (QED) is 0.878. The van der Waals surface area contributed by atoms with Gasteiger partial charge < -0.3 is 10.6 Å². The predicted octanol–water partition coefficient (Wildman–Crippen LogP) is 3.97. The first-order chi connectivity index (χ1) is 10.1. The molecule has 0 aliphatic heterocycles. The van der Waals surface area contributed by atoms with Gasteiger partial charge in [-0.1, -0.05) is 0 Å². The van der Waals surface area contributed by atoms with Crippen LogP contribution in [0, 0.1) is 12.8 Å². The number of nitrogens with zero attached hydrogens (tertiary/aromatic N) is 1. The van der Waals surface area contributed by atoms with Gasteiger partial charge in [0.15, 0.2) is 0 Å². The summed E-state index contributed by atoms with van der Waals surface area (Å²) in [5.74, 6) is 0.373. The summed E-state index contributed by atoms with van der Waals surface area (Å²) >= 11 is 1.66. The van der Waals surface area contributed by atoms with E-state index in [0.717, 1.165) is 34.9 Å². The molecule has 3 rings (SSSR count). The first-order valence-electron chi connectivity index (χ1n) is 7.21. The van der Waals surface area contributed by atoms with E-state index in [2.05, 4.69) is 27.9 Å². The van der Waals surface area contributed by atoms with E-state index in [1.165, 1.54) is 0 Å². The maximum Gasteiger partial charge on any atom is 0.227 e. The Labute approximate surface area is 128 Å². The molecule has 1 aromatic heterocycles. The fourth-order valence-electron chi connectivity index (χ4n) is 2.14. The number of hydrogen-bond donors (Lipinski definition) is 2. The minimum Gasteiger partial charge on any atom is -0.377 e. The number of aromatic nitrogens is 1. The van der Waals surface area contributed by atoms with Gasteiger partial charge in [0.05, 0.1) is 16.7 Å². The highest BCUT2D eigenvalue weighted by Gasteiger charge is 2.29. The first-order valence-corrected chi connectivity index (χ1v) is 8.09. The molecule has 1 aromatic carbocycles. The summed E-state index contributed by atoms with van der Waals surface area (Å²) in [5.41, 5.74) is 2.94.